The molecule has 1 atom stereocenters. The monoisotopic (exact) mass is 322 g/mol. The fourth-order valence-corrected chi connectivity index (χ4v) is 3.16. The fraction of sp³-hybridized carbons (Fsp3) is 0.667. The molecule has 0 aliphatic carbocycles. The Labute approximate surface area is 140 Å². The number of morpholine rings is 1. The molecule has 130 valence electrons. The highest BCUT2D eigenvalue weighted by atomic mass is 16.5. The first kappa shape index (κ1) is 18.2. The number of benzene rings is 1. The highest BCUT2D eigenvalue weighted by Crippen LogP contribution is 2.21. The molecule has 5 heteroatoms. The van der Waals surface area contributed by atoms with Crippen molar-refractivity contribution >= 4 is 0 Å². The number of hydrogen-bond donors (Lipinski definition) is 0. The maximum absolute atomic E-state index is 5.43. The van der Waals surface area contributed by atoms with Crippen molar-refractivity contribution in [3.8, 4) is 5.75 Å². The molecule has 1 aliphatic rings. The van der Waals surface area contributed by atoms with Gasteiger partial charge in [0.1, 0.15) is 5.75 Å². The minimum Gasteiger partial charge on any atom is -0.496 e. The van der Waals surface area contributed by atoms with Gasteiger partial charge in [0.2, 0.25) is 0 Å². The van der Waals surface area contributed by atoms with Crippen LogP contribution in [0.1, 0.15) is 18.1 Å². The molecule has 0 aromatic heterocycles. The second-order valence-corrected chi connectivity index (χ2v) is 6.27. The quantitative estimate of drug-likeness (QED) is 0.731. The van der Waals surface area contributed by atoms with Gasteiger partial charge in [-0.25, -0.2) is 0 Å². The summed E-state index contributed by atoms with van der Waals surface area (Å²) in [6.45, 7) is 8.63. The van der Waals surface area contributed by atoms with E-state index in [9.17, 15) is 0 Å². The van der Waals surface area contributed by atoms with Crippen LogP contribution < -0.4 is 4.74 Å². The molecule has 1 aromatic carbocycles. The number of rotatable bonds is 8. The molecule has 1 aliphatic heterocycles. The maximum Gasteiger partial charge on any atom is 0.124 e. The van der Waals surface area contributed by atoms with Gasteiger partial charge in [-0.15, -0.1) is 0 Å². The van der Waals surface area contributed by atoms with Crippen molar-refractivity contribution in [2.45, 2.75) is 26.1 Å². The van der Waals surface area contributed by atoms with Crippen molar-refractivity contribution in [1.29, 1.82) is 0 Å². The molecule has 1 saturated heterocycles. The SMILES string of the molecule is COCc1cc(CN(C)C[C@@H](C)N2CCOCC2)ccc1OC. The zero-order valence-corrected chi connectivity index (χ0v) is 14.9. The van der Waals surface area contributed by atoms with Crippen molar-refractivity contribution in [2.75, 3.05) is 54.1 Å². The standard InChI is InChI=1S/C18H30N2O3/c1-15(20-7-9-23-10-8-20)12-19(2)13-16-5-6-18(22-4)17(11-16)14-21-3/h5-6,11,15H,7-10,12-14H2,1-4H3/t15-/m1/s1. The van der Waals surface area contributed by atoms with E-state index in [-0.39, 0.29) is 0 Å². The van der Waals surface area contributed by atoms with E-state index in [1.807, 2.05) is 6.07 Å². The zero-order chi connectivity index (χ0) is 16.7. The summed E-state index contributed by atoms with van der Waals surface area (Å²) in [5.41, 5.74) is 2.39. The Hall–Kier alpha value is -1.14. The molecule has 0 unspecified atom stereocenters. The van der Waals surface area contributed by atoms with E-state index in [4.69, 9.17) is 14.2 Å². The van der Waals surface area contributed by atoms with Crippen LogP contribution in [0.25, 0.3) is 0 Å². The van der Waals surface area contributed by atoms with Crippen LogP contribution in [-0.2, 0) is 22.6 Å². The van der Waals surface area contributed by atoms with Crippen LogP contribution in [0.15, 0.2) is 18.2 Å². The van der Waals surface area contributed by atoms with Crippen LogP contribution in [0.4, 0.5) is 0 Å². The second kappa shape index (κ2) is 9.23. The summed E-state index contributed by atoms with van der Waals surface area (Å²) in [7, 11) is 5.59. The van der Waals surface area contributed by atoms with Crippen molar-refractivity contribution in [3.05, 3.63) is 29.3 Å². The Morgan fingerprint density at radius 2 is 2.00 bits per heavy atom. The van der Waals surface area contributed by atoms with Crippen molar-refractivity contribution in [2.24, 2.45) is 0 Å². The van der Waals surface area contributed by atoms with Gasteiger partial charge in [-0.2, -0.15) is 0 Å². The lowest BCUT2D eigenvalue weighted by Gasteiger charge is -2.34. The Balaban J connectivity index is 1.91. The molecule has 2 rings (SSSR count). The normalized spacial score (nSPS) is 17.4. The summed E-state index contributed by atoms with van der Waals surface area (Å²) in [4.78, 5) is 4.88. The Kier molecular flexibility index (Phi) is 7.30. The Morgan fingerprint density at radius 3 is 2.65 bits per heavy atom. The average Bonchev–Trinajstić information content (AvgIpc) is 2.56. The van der Waals surface area contributed by atoms with Gasteiger partial charge < -0.3 is 19.1 Å². The van der Waals surface area contributed by atoms with Crippen LogP contribution in [0.2, 0.25) is 0 Å². The number of likely N-dealkylation sites (N-methyl/N-ethyl adjacent to an activating group) is 1. The van der Waals surface area contributed by atoms with Gasteiger partial charge in [0.15, 0.2) is 0 Å². The summed E-state index contributed by atoms with van der Waals surface area (Å²) >= 11 is 0. The van der Waals surface area contributed by atoms with E-state index in [2.05, 4.69) is 35.9 Å². The largest absolute Gasteiger partial charge is 0.496 e. The molecule has 0 radical (unpaired) electrons. The van der Waals surface area contributed by atoms with Gasteiger partial charge in [0, 0.05) is 44.9 Å². The molecule has 23 heavy (non-hydrogen) atoms. The van der Waals surface area contributed by atoms with E-state index >= 15 is 0 Å². The minimum atomic E-state index is 0.542. The molecule has 0 saturated carbocycles. The van der Waals surface area contributed by atoms with Gasteiger partial charge in [-0.1, -0.05) is 6.07 Å². The summed E-state index contributed by atoms with van der Waals surface area (Å²) in [5.74, 6) is 0.889. The molecular formula is C18H30N2O3. The number of nitrogens with zero attached hydrogens (tertiary/aromatic N) is 2. The van der Waals surface area contributed by atoms with Crippen LogP contribution in [0, 0.1) is 0 Å². The molecule has 0 spiro atoms. The average molecular weight is 322 g/mol. The van der Waals surface area contributed by atoms with E-state index in [0.717, 1.165) is 50.7 Å². The van der Waals surface area contributed by atoms with E-state index < -0.39 is 0 Å². The Morgan fingerprint density at radius 1 is 1.26 bits per heavy atom. The lowest BCUT2D eigenvalue weighted by atomic mass is 10.1. The van der Waals surface area contributed by atoms with Crippen LogP contribution >= 0.6 is 0 Å². The molecule has 0 amide bonds. The molecule has 5 nitrogen and oxygen atoms in total. The summed E-state index contributed by atoms with van der Waals surface area (Å²) in [6, 6.07) is 6.88. The van der Waals surface area contributed by atoms with Gasteiger partial charge in [-0.05, 0) is 31.7 Å². The van der Waals surface area contributed by atoms with Crippen LogP contribution in [0.3, 0.4) is 0 Å². The molecule has 1 fully saturated rings. The highest BCUT2D eigenvalue weighted by Gasteiger charge is 2.18. The maximum atomic E-state index is 5.43. The first-order valence-corrected chi connectivity index (χ1v) is 8.29. The third-order valence-electron chi connectivity index (χ3n) is 4.34. The predicted molar refractivity (Wildman–Crippen MR) is 91.9 cm³/mol. The van der Waals surface area contributed by atoms with E-state index in [1.54, 1.807) is 14.2 Å². The van der Waals surface area contributed by atoms with Crippen molar-refractivity contribution in [3.63, 3.8) is 0 Å². The van der Waals surface area contributed by atoms with Gasteiger partial charge >= 0.3 is 0 Å². The summed E-state index contributed by atoms with van der Waals surface area (Å²) in [5, 5.41) is 0. The van der Waals surface area contributed by atoms with Crippen molar-refractivity contribution < 1.29 is 14.2 Å². The zero-order valence-electron chi connectivity index (χ0n) is 14.9. The summed E-state index contributed by atoms with van der Waals surface area (Å²) in [6.07, 6.45) is 0. The third-order valence-corrected chi connectivity index (χ3v) is 4.34. The first-order chi connectivity index (χ1) is 11.1. The number of methoxy groups -OCH3 is 2. The Bertz CT molecular complexity index is 475. The molecule has 1 aromatic rings. The highest BCUT2D eigenvalue weighted by molar-refractivity contribution is 5.36. The summed E-state index contributed by atoms with van der Waals surface area (Å²) < 4.78 is 16.1. The molecule has 0 N–H and O–H groups in total. The number of hydrogen-bond acceptors (Lipinski definition) is 5. The molecule has 1 heterocycles. The third kappa shape index (κ3) is 5.46. The lowest BCUT2D eigenvalue weighted by Crippen LogP contribution is -2.46. The minimum absolute atomic E-state index is 0.542. The molecular weight excluding hydrogens is 292 g/mol. The smallest absolute Gasteiger partial charge is 0.124 e. The topological polar surface area (TPSA) is 34.2 Å². The lowest BCUT2D eigenvalue weighted by molar-refractivity contribution is 0.0137. The fourth-order valence-electron chi connectivity index (χ4n) is 3.16. The van der Waals surface area contributed by atoms with E-state index in [0.29, 0.717) is 12.6 Å². The second-order valence-electron chi connectivity index (χ2n) is 6.27. The first-order valence-electron chi connectivity index (χ1n) is 8.29. The van der Waals surface area contributed by atoms with Crippen LogP contribution in [-0.4, -0.2) is 70.0 Å². The van der Waals surface area contributed by atoms with Gasteiger partial charge in [0.05, 0.1) is 26.9 Å². The van der Waals surface area contributed by atoms with E-state index in [1.165, 1.54) is 5.56 Å². The molecule has 0 bridgehead atoms. The van der Waals surface area contributed by atoms with Crippen molar-refractivity contribution in [1.82, 2.24) is 9.80 Å². The van der Waals surface area contributed by atoms with Crippen LogP contribution in [0.5, 0.6) is 5.75 Å². The number of ether oxygens (including phenoxy) is 3. The van der Waals surface area contributed by atoms with Gasteiger partial charge in [-0.3, -0.25) is 4.90 Å². The predicted octanol–water partition coefficient (Wildman–Crippen LogP) is 1.99. The van der Waals surface area contributed by atoms with Gasteiger partial charge in [0.25, 0.3) is 0 Å².